The Bertz CT molecular complexity index is 1040. The fraction of sp³-hybridized carbons (Fsp3) is 0.348. The first-order chi connectivity index (χ1) is 16.2. The largest absolute Gasteiger partial charge is 0.379 e. The van der Waals surface area contributed by atoms with Gasteiger partial charge in [0.15, 0.2) is 5.13 Å². The summed E-state index contributed by atoms with van der Waals surface area (Å²) in [4.78, 5) is 24.3. The highest BCUT2D eigenvalue weighted by molar-refractivity contribution is 7.15. The number of pyridine rings is 1. The van der Waals surface area contributed by atoms with Crippen LogP contribution in [-0.2, 0) is 11.3 Å². The van der Waals surface area contributed by atoms with Gasteiger partial charge in [0.2, 0.25) is 0 Å². The monoisotopic (exact) mass is 470 g/mol. The summed E-state index contributed by atoms with van der Waals surface area (Å²) in [6.07, 6.45) is 4.29. The number of thiazole rings is 1. The number of hydrogen-bond acceptors (Lipinski definition) is 8. The lowest BCUT2D eigenvalue weighted by atomic mass is 10.1. The highest BCUT2D eigenvalue weighted by atomic mass is 32.1. The van der Waals surface area contributed by atoms with Crippen LogP contribution in [-0.4, -0.2) is 60.2 Å². The standard InChI is InChI=1S/C23H27FN6O2S/c24-19-6-5-17(22(31)26-8-3-9-30-10-12-32-13-11-30)14-20(19)27-15-18-16-28-23(33-18)29-21-4-1-2-7-25-21/h1-2,4-7,14,16,27H,3,8-13,15H2,(H,26,31)(H,25,28,29). The second kappa shape index (κ2) is 11.7. The molecule has 0 spiro atoms. The van der Waals surface area contributed by atoms with Crippen molar-refractivity contribution in [1.29, 1.82) is 0 Å². The Balaban J connectivity index is 1.26. The third kappa shape index (κ3) is 6.95. The number of halogens is 1. The third-order valence-electron chi connectivity index (χ3n) is 5.18. The van der Waals surface area contributed by atoms with Crippen molar-refractivity contribution in [3.63, 3.8) is 0 Å². The zero-order valence-electron chi connectivity index (χ0n) is 18.2. The average molecular weight is 471 g/mol. The molecule has 1 aromatic carbocycles. The Hall–Kier alpha value is -3.08. The molecule has 1 fully saturated rings. The van der Waals surface area contributed by atoms with E-state index in [0.29, 0.717) is 29.6 Å². The van der Waals surface area contributed by atoms with E-state index in [1.165, 1.54) is 23.5 Å². The number of anilines is 3. The minimum Gasteiger partial charge on any atom is -0.379 e. The van der Waals surface area contributed by atoms with Crippen LogP contribution >= 0.6 is 11.3 Å². The molecule has 0 radical (unpaired) electrons. The summed E-state index contributed by atoms with van der Waals surface area (Å²) < 4.78 is 19.6. The lowest BCUT2D eigenvalue weighted by molar-refractivity contribution is 0.0374. The fourth-order valence-corrected chi connectivity index (χ4v) is 4.17. The minimum atomic E-state index is -0.407. The molecular formula is C23H27FN6O2S. The lowest BCUT2D eigenvalue weighted by Crippen LogP contribution is -2.38. The summed E-state index contributed by atoms with van der Waals surface area (Å²) in [5, 5.41) is 9.82. The molecule has 33 heavy (non-hydrogen) atoms. The molecule has 0 unspecified atom stereocenters. The second-order valence-electron chi connectivity index (χ2n) is 7.58. The second-order valence-corrected chi connectivity index (χ2v) is 8.70. The van der Waals surface area contributed by atoms with Crippen molar-refractivity contribution in [2.75, 3.05) is 50.0 Å². The van der Waals surface area contributed by atoms with Crippen LogP contribution in [0.2, 0.25) is 0 Å². The fourth-order valence-electron chi connectivity index (χ4n) is 3.41. The van der Waals surface area contributed by atoms with Gasteiger partial charge in [-0.15, -0.1) is 0 Å². The molecule has 0 atom stereocenters. The Labute approximate surface area is 196 Å². The number of nitrogens with one attached hydrogen (secondary N) is 3. The molecule has 4 rings (SSSR count). The van der Waals surface area contributed by atoms with Gasteiger partial charge >= 0.3 is 0 Å². The molecular weight excluding hydrogens is 443 g/mol. The van der Waals surface area contributed by atoms with E-state index in [1.807, 2.05) is 18.2 Å². The highest BCUT2D eigenvalue weighted by Gasteiger charge is 2.12. The zero-order valence-corrected chi connectivity index (χ0v) is 19.0. The maximum atomic E-state index is 14.3. The molecule has 1 aliphatic heterocycles. The molecule has 3 aromatic rings. The smallest absolute Gasteiger partial charge is 0.251 e. The van der Waals surface area contributed by atoms with Gasteiger partial charge in [-0.3, -0.25) is 9.69 Å². The van der Waals surface area contributed by atoms with E-state index in [0.717, 1.165) is 44.1 Å². The molecule has 0 aliphatic carbocycles. The van der Waals surface area contributed by atoms with Gasteiger partial charge in [0, 0.05) is 42.5 Å². The predicted octanol–water partition coefficient (Wildman–Crippen LogP) is 3.49. The van der Waals surface area contributed by atoms with E-state index in [2.05, 4.69) is 30.8 Å². The first-order valence-corrected chi connectivity index (χ1v) is 11.7. The molecule has 0 bridgehead atoms. The number of aromatic nitrogens is 2. The van der Waals surface area contributed by atoms with Crippen molar-refractivity contribution in [2.45, 2.75) is 13.0 Å². The Kier molecular flexibility index (Phi) is 8.18. The molecule has 0 saturated carbocycles. The zero-order chi connectivity index (χ0) is 22.9. The number of benzene rings is 1. The topological polar surface area (TPSA) is 91.4 Å². The molecule has 10 heteroatoms. The minimum absolute atomic E-state index is 0.209. The van der Waals surface area contributed by atoms with E-state index >= 15 is 0 Å². The summed E-state index contributed by atoms with van der Waals surface area (Å²) >= 11 is 1.45. The maximum Gasteiger partial charge on any atom is 0.251 e. The van der Waals surface area contributed by atoms with Gasteiger partial charge in [-0.25, -0.2) is 14.4 Å². The number of carbonyl (C=O) groups excluding carboxylic acids is 1. The molecule has 174 valence electrons. The van der Waals surface area contributed by atoms with Gasteiger partial charge in [-0.05, 0) is 43.3 Å². The van der Waals surface area contributed by atoms with Crippen molar-refractivity contribution in [1.82, 2.24) is 20.2 Å². The lowest BCUT2D eigenvalue weighted by Gasteiger charge is -2.26. The van der Waals surface area contributed by atoms with Gasteiger partial charge in [0.05, 0.1) is 25.4 Å². The Morgan fingerprint density at radius 2 is 2.06 bits per heavy atom. The van der Waals surface area contributed by atoms with Crippen LogP contribution in [0.5, 0.6) is 0 Å². The average Bonchev–Trinajstić information content (AvgIpc) is 3.29. The molecule has 3 heterocycles. The van der Waals surface area contributed by atoms with Crippen LogP contribution in [0.4, 0.5) is 21.0 Å². The number of hydrogen-bond donors (Lipinski definition) is 3. The van der Waals surface area contributed by atoms with Gasteiger partial charge in [0.1, 0.15) is 11.6 Å². The van der Waals surface area contributed by atoms with E-state index in [1.54, 1.807) is 18.5 Å². The van der Waals surface area contributed by atoms with E-state index in [-0.39, 0.29) is 11.6 Å². The van der Waals surface area contributed by atoms with Gasteiger partial charge in [-0.2, -0.15) is 0 Å². The number of rotatable bonds is 10. The normalized spacial score (nSPS) is 14.1. The molecule has 1 saturated heterocycles. The summed E-state index contributed by atoms with van der Waals surface area (Å²) in [6, 6.07) is 9.94. The van der Waals surface area contributed by atoms with E-state index in [9.17, 15) is 9.18 Å². The van der Waals surface area contributed by atoms with Crippen LogP contribution in [0, 0.1) is 5.82 Å². The Morgan fingerprint density at radius 1 is 1.18 bits per heavy atom. The molecule has 8 nitrogen and oxygen atoms in total. The molecule has 3 N–H and O–H groups in total. The van der Waals surface area contributed by atoms with Crippen molar-refractivity contribution < 1.29 is 13.9 Å². The van der Waals surface area contributed by atoms with Crippen LogP contribution in [0.3, 0.4) is 0 Å². The predicted molar refractivity (Wildman–Crippen MR) is 128 cm³/mol. The maximum absolute atomic E-state index is 14.3. The third-order valence-corrected chi connectivity index (χ3v) is 6.09. The number of carbonyl (C=O) groups is 1. The van der Waals surface area contributed by atoms with Crippen molar-refractivity contribution in [3.05, 3.63) is 65.0 Å². The van der Waals surface area contributed by atoms with E-state index in [4.69, 9.17) is 4.74 Å². The first kappa shape index (κ1) is 23.1. The van der Waals surface area contributed by atoms with Crippen molar-refractivity contribution >= 4 is 33.9 Å². The summed E-state index contributed by atoms with van der Waals surface area (Å²) in [5.74, 6) is 0.0935. The van der Waals surface area contributed by atoms with Crippen molar-refractivity contribution in [2.24, 2.45) is 0 Å². The molecule has 1 aliphatic rings. The van der Waals surface area contributed by atoms with Crippen LogP contribution in [0.25, 0.3) is 0 Å². The van der Waals surface area contributed by atoms with Crippen molar-refractivity contribution in [3.8, 4) is 0 Å². The highest BCUT2D eigenvalue weighted by Crippen LogP contribution is 2.23. The number of amides is 1. The van der Waals surface area contributed by atoms with Gasteiger partial charge in [0.25, 0.3) is 5.91 Å². The van der Waals surface area contributed by atoms with Gasteiger partial charge < -0.3 is 20.7 Å². The van der Waals surface area contributed by atoms with Crippen LogP contribution < -0.4 is 16.0 Å². The summed E-state index contributed by atoms with van der Waals surface area (Å²) in [6.45, 7) is 5.28. The number of ether oxygens (including phenoxy) is 1. The Morgan fingerprint density at radius 3 is 2.88 bits per heavy atom. The van der Waals surface area contributed by atoms with E-state index < -0.39 is 5.82 Å². The quantitative estimate of drug-likeness (QED) is 0.391. The molecule has 1 amide bonds. The van der Waals surface area contributed by atoms with Crippen LogP contribution in [0.1, 0.15) is 21.7 Å². The van der Waals surface area contributed by atoms with Crippen LogP contribution in [0.15, 0.2) is 48.8 Å². The SMILES string of the molecule is O=C(NCCCN1CCOCC1)c1ccc(F)c(NCc2cnc(Nc3ccccn3)s2)c1. The summed E-state index contributed by atoms with van der Waals surface area (Å²) in [7, 11) is 0. The number of nitrogens with zero attached hydrogens (tertiary/aromatic N) is 3. The number of morpholine rings is 1. The first-order valence-electron chi connectivity index (χ1n) is 10.9. The summed E-state index contributed by atoms with van der Waals surface area (Å²) in [5.41, 5.74) is 0.704. The molecule has 2 aromatic heterocycles. The van der Waals surface area contributed by atoms with Gasteiger partial charge in [-0.1, -0.05) is 17.4 Å².